The highest BCUT2D eigenvalue weighted by Gasteiger charge is 2.45. The lowest BCUT2D eigenvalue weighted by molar-refractivity contribution is -0.119. The molecule has 1 aromatic carbocycles. The number of nitrogens with zero attached hydrogens (tertiary/aromatic N) is 2. The van der Waals surface area contributed by atoms with Gasteiger partial charge in [0.1, 0.15) is 5.76 Å². The van der Waals surface area contributed by atoms with Crippen molar-refractivity contribution in [3.05, 3.63) is 30.0 Å². The van der Waals surface area contributed by atoms with Crippen LogP contribution in [0.1, 0.15) is 31.9 Å². The van der Waals surface area contributed by atoms with Gasteiger partial charge in [-0.3, -0.25) is 14.6 Å². The van der Waals surface area contributed by atoms with Crippen molar-refractivity contribution in [3.63, 3.8) is 0 Å². The van der Waals surface area contributed by atoms with E-state index in [4.69, 9.17) is 9.15 Å². The van der Waals surface area contributed by atoms with Gasteiger partial charge in [-0.05, 0) is 38.4 Å². The lowest BCUT2D eigenvalue weighted by Crippen LogP contribution is -2.50. The molecule has 27 heavy (non-hydrogen) atoms. The zero-order chi connectivity index (χ0) is 19.0. The third-order valence-electron chi connectivity index (χ3n) is 6.28. The summed E-state index contributed by atoms with van der Waals surface area (Å²) in [4.78, 5) is 16.3. The monoisotopic (exact) mass is 371 g/mol. The number of hydrogen-bond acceptors (Lipinski definition) is 5. The topological polar surface area (TPSA) is 58.0 Å². The van der Waals surface area contributed by atoms with Crippen LogP contribution in [0.2, 0.25) is 0 Å². The molecule has 1 atom stereocenters. The molecule has 6 nitrogen and oxygen atoms in total. The van der Waals surface area contributed by atoms with Crippen LogP contribution in [0.5, 0.6) is 5.75 Å². The summed E-state index contributed by atoms with van der Waals surface area (Å²) in [7, 11) is 3.87. The van der Waals surface area contributed by atoms with Gasteiger partial charge in [0.05, 0.1) is 13.7 Å². The molecule has 4 rings (SSSR count). The fourth-order valence-electron chi connectivity index (χ4n) is 4.85. The molecule has 1 aromatic heterocycles. The number of methoxy groups -OCH3 is 1. The Morgan fingerprint density at radius 2 is 2.15 bits per heavy atom. The number of furan rings is 1. The molecule has 2 aliphatic rings. The number of para-hydroxylation sites is 1. The fraction of sp³-hybridized carbons (Fsp3) is 0.571. The van der Waals surface area contributed by atoms with Crippen molar-refractivity contribution in [1.29, 1.82) is 0 Å². The number of piperidine rings is 1. The number of carbonyl (C=O) groups excluding carboxylic acids is 1. The van der Waals surface area contributed by atoms with Crippen molar-refractivity contribution in [3.8, 4) is 5.75 Å². The van der Waals surface area contributed by atoms with Gasteiger partial charge in [0.2, 0.25) is 5.91 Å². The predicted molar refractivity (Wildman–Crippen MR) is 105 cm³/mol. The van der Waals surface area contributed by atoms with Crippen LogP contribution in [0.3, 0.4) is 0 Å². The predicted octanol–water partition coefficient (Wildman–Crippen LogP) is 2.62. The summed E-state index contributed by atoms with van der Waals surface area (Å²) < 4.78 is 11.5. The van der Waals surface area contributed by atoms with Crippen LogP contribution in [-0.2, 0) is 11.3 Å². The van der Waals surface area contributed by atoms with Gasteiger partial charge in [0.15, 0.2) is 11.3 Å². The number of ether oxygens (including phenoxy) is 1. The third kappa shape index (κ3) is 3.56. The van der Waals surface area contributed by atoms with E-state index >= 15 is 0 Å². The first kappa shape index (κ1) is 18.3. The first-order valence-corrected chi connectivity index (χ1v) is 9.75. The van der Waals surface area contributed by atoms with E-state index in [0.29, 0.717) is 0 Å². The molecule has 3 heterocycles. The molecule has 0 aliphatic carbocycles. The quantitative estimate of drug-likeness (QED) is 0.895. The molecular weight excluding hydrogens is 342 g/mol. The first-order chi connectivity index (χ1) is 13.0. The maximum absolute atomic E-state index is 11.4. The van der Waals surface area contributed by atoms with Crippen molar-refractivity contribution in [1.82, 2.24) is 15.1 Å². The molecule has 2 aromatic rings. The Morgan fingerprint density at radius 3 is 2.85 bits per heavy atom. The zero-order valence-electron chi connectivity index (χ0n) is 16.5. The van der Waals surface area contributed by atoms with Crippen molar-refractivity contribution in [2.45, 2.75) is 44.3 Å². The maximum Gasteiger partial charge on any atom is 0.217 e. The van der Waals surface area contributed by atoms with Crippen molar-refractivity contribution in [2.24, 2.45) is 0 Å². The number of hydrogen-bond donors (Lipinski definition) is 1. The second-order valence-corrected chi connectivity index (χ2v) is 8.07. The van der Waals surface area contributed by atoms with Crippen molar-refractivity contribution >= 4 is 16.9 Å². The smallest absolute Gasteiger partial charge is 0.217 e. The van der Waals surface area contributed by atoms with Gasteiger partial charge in [-0.25, -0.2) is 0 Å². The van der Waals surface area contributed by atoms with E-state index in [9.17, 15) is 4.79 Å². The molecule has 1 N–H and O–H groups in total. The number of fused-ring (bicyclic) bond motifs is 1. The van der Waals surface area contributed by atoms with Crippen molar-refractivity contribution < 1.29 is 13.9 Å². The molecule has 1 spiro atoms. The number of amides is 1. The number of likely N-dealkylation sites (tertiary alicyclic amines) is 2. The van der Waals surface area contributed by atoms with Gasteiger partial charge in [-0.1, -0.05) is 12.1 Å². The molecule has 2 saturated heterocycles. The highest BCUT2D eigenvalue weighted by atomic mass is 16.5. The summed E-state index contributed by atoms with van der Waals surface area (Å²) in [5.41, 5.74) is 1.05. The minimum atomic E-state index is 0.0724. The highest BCUT2D eigenvalue weighted by molar-refractivity contribution is 5.83. The van der Waals surface area contributed by atoms with E-state index in [-0.39, 0.29) is 17.5 Å². The number of benzene rings is 1. The third-order valence-corrected chi connectivity index (χ3v) is 6.28. The lowest BCUT2D eigenvalue weighted by atomic mass is 9.84. The summed E-state index contributed by atoms with van der Waals surface area (Å²) in [6.45, 7) is 5.47. The molecular formula is C21H29N3O3. The summed E-state index contributed by atoms with van der Waals surface area (Å²) in [5, 5.41) is 4.19. The number of carbonyl (C=O) groups is 1. The van der Waals surface area contributed by atoms with E-state index in [1.165, 1.54) is 0 Å². The molecule has 2 aliphatic heterocycles. The molecule has 0 bridgehead atoms. The van der Waals surface area contributed by atoms with Crippen LogP contribution in [0.25, 0.3) is 11.0 Å². The number of rotatable bonds is 4. The second kappa shape index (κ2) is 7.17. The largest absolute Gasteiger partial charge is 0.493 e. The fourth-order valence-corrected chi connectivity index (χ4v) is 4.85. The zero-order valence-corrected chi connectivity index (χ0v) is 16.5. The van der Waals surface area contributed by atoms with E-state index < -0.39 is 0 Å². The Morgan fingerprint density at radius 1 is 1.37 bits per heavy atom. The van der Waals surface area contributed by atoms with E-state index in [1.807, 2.05) is 12.1 Å². The molecule has 0 saturated carbocycles. The average molecular weight is 371 g/mol. The minimum absolute atomic E-state index is 0.0724. The van der Waals surface area contributed by atoms with Gasteiger partial charge in [-0.15, -0.1) is 0 Å². The minimum Gasteiger partial charge on any atom is -0.493 e. The summed E-state index contributed by atoms with van der Waals surface area (Å²) in [5.74, 6) is 1.84. The van der Waals surface area contributed by atoms with Gasteiger partial charge in [0, 0.05) is 43.5 Å². The normalized spacial score (nSPS) is 23.1. The van der Waals surface area contributed by atoms with Crippen molar-refractivity contribution in [2.75, 3.05) is 33.8 Å². The van der Waals surface area contributed by atoms with Crippen LogP contribution in [0.15, 0.2) is 28.7 Å². The summed E-state index contributed by atoms with van der Waals surface area (Å²) in [6, 6.07) is 8.39. The summed E-state index contributed by atoms with van der Waals surface area (Å²) >= 11 is 0. The van der Waals surface area contributed by atoms with E-state index in [1.54, 1.807) is 14.0 Å². The highest BCUT2D eigenvalue weighted by Crippen LogP contribution is 2.38. The van der Waals surface area contributed by atoms with Crippen LogP contribution in [0.4, 0.5) is 0 Å². The van der Waals surface area contributed by atoms with Crippen LogP contribution >= 0.6 is 0 Å². The van der Waals surface area contributed by atoms with Crippen LogP contribution < -0.4 is 10.1 Å². The Kier molecular flexibility index (Phi) is 4.86. The second-order valence-electron chi connectivity index (χ2n) is 8.07. The Hall–Kier alpha value is -2.05. The lowest BCUT2D eigenvalue weighted by Gasteiger charge is -2.43. The van der Waals surface area contributed by atoms with Crippen LogP contribution in [0, 0.1) is 0 Å². The standard InChI is InChI=1S/C21H29N3O3/c1-15(25)22-17-12-21(23(2)13-17)7-9-24(10-8-21)14-18-11-16-5-4-6-19(26-3)20(16)27-18/h4-6,11,17H,7-10,12-14H2,1-3H3,(H,22,25). The molecule has 6 heteroatoms. The van der Waals surface area contributed by atoms with Crippen LogP contribution in [-0.4, -0.2) is 61.1 Å². The maximum atomic E-state index is 11.4. The molecule has 2 fully saturated rings. The van der Waals surface area contributed by atoms with Gasteiger partial charge >= 0.3 is 0 Å². The molecule has 1 amide bonds. The van der Waals surface area contributed by atoms with E-state index in [2.05, 4.69) is 34.3 Å². The average Bonchev–Trinajstić information content (AvgIpc) is 3.17. The Labute approximate surface area is 160 Å². The molecule has 1 unspecified atom stereocenters. The molecule has 0 radical (unpaired) electrons. The van der Waals surface area contributed by atoms with Gasteiger partial charge < -0.3 is 14.5 Å². The van der Waals surface area contributed by atoms with Gasteiger partial charge in [0.25, 0.3) is 0 Å². The number of nitrogens with one attached hydrogen (secondary N) is 1. The Balaban J connectivity index is 1.39. The van der Waals surface area contributed by atoms with E-state index in [0.717, 1.165) is 67.9 Å². The SMILES string of the molecule is COc1cccc2cc(CN3CCC4(CC3)CC(NC(C)=O)CN4C)oc12. The number of likely N-dealkylation sites (N-methyl/N-ethyl adjacent to an activating group) is 1. The van der Waals surface area contributed by atoms with Gasteiger partial charge in [-0.2, -0.15) is 0 Å². The molecule has 146 valence electrons. The Bertz CT molecular complexity index is 823. The summed E-state index contributed by atoms with van der Waals surface area (Å²) in [6.07, 6.45) is 3.31. The first-order valence-electron chi connectivity index (χ1n) is 9.75.